The second kappa shape index (κ2) is 5.40. The fourth-order valence-electron chi connectivity index (χ4n) is 1.57. The first kappa shape index (κ1) is 13.5. The summed E-state index contributed by atoms with van der Waals surface area (Å²) in [6, 6.07) is 4.28. The molecule has 6 heteroatoms. The monoisotopic (exact) mass is 283 g/mol. The minimum Gasteiger partial charge on any atom is -0.460 e. The molecule has 0 amide bonds. The number of carbonyl (C=O) groups is 1. The van der Waals surface area contributed by atoms with Crippen molar-refractivity contribution in [1.29, 1.82) is 0 Å². The first-order valence-electron chi connectivity index (χ1n) is 5.63. The summed E-state index contributed by atoms with van der Waals surface area (Å²) in [5, 5.41) is -0.0980. The Morgan fingerprint density at radius 1 is 1.53 bits per heavy atom. The van der Waals surface area contributed by atoms with Crippen LogP contribution in [0.4, 0.5) is 4.39 Å². The molecule has 0 atom stereocenters. The number of aromatic nitrogens is 1. The average molecular weight is 284 g/mol. The molecule has 0 fully saturated rings. The van der Waals surface area contributed by atoms with Gasteiger partial charge in [-0.05, 0) is 26.0 Å². The summed E-state index contributed by atoms with van der Waals surface area (Å²) in [5.41, 5.74) is 0.661. The Kier molecular flexibility index (Phi) is 3.85. The highest BCUT2D eigenvalue weighted by Crippen LogP contribution is 2.30. The maximum absolute atomic E-state index is 13.4. The molecule has 2 rings (SSSR count). The molecule has 4 nitrogen and oxygen atoms in total. The number of hydrogen-bond acceptors (Lipinski definition) is 4. The van der Waals surface area contributed by atoms with Crippen molar-refractivity contribution in [3.8, 4) is 11.5 Å². The predicted molar refractivity (Wildman–Crippen MR) is 67.6 cm³/mol. The largest absolute Gasteiger partial charge is 0.460 e. The van der Waals surface area contributed by atoms with Gasteiger partial charge in [-0.3, -0.25) is 0 Å². The van der Waals surface area contributed by atoms with E-state index in [2.05, 4.69) is 4.98 Å². The van der Waals surface area contributed by atoms with E-state index < -0.39 is 11.8 Å². The number of rotatable bonds is 3. The van der Waals surface area contributed by atoms with Gasteiger partial charge in [0.05, 0.1) is 22.9 Å². The van der Waals surface area contributed by atoms with Crippen LogP contribution in [0.1, 0.15) is 23.2 Å². The predicted octanol–water partition coefficient (Wildman–Crippen LogP) is 3.62. The lowest BCUT2D eigenvalue weighted by atomic mass is 10.2. The second-order valence-electron chi connectivity index (χ2n) is 3.76. The van der Waals surface area contributed by atoms with Gasteiger partial charge in [0.1, 0.15) is 5.82 Å². The van der Waals surface area contributed by atoms with E-state index in [0.717, 1.165) is 0 Å². The molecule has 100 valence electrons. The van der Waals surface area contributed by atoms with Crippen molar-refractivity contribution in [2.75, 3.05) is 6.61 Å². The molecule has 0 saturated heterocycles. The summed E-state index contributed by atoms with van der Waals surface area (Å²) in [6.45, 7) is 3.52. The molecule has 0 aliphatic rings. The summed E-state index contributed by atoms with van der Waals surface area (Å²) in [6.07, 6.45) is 0. The Morgan fingerprint density at radius 3 is 2.95 bits per heavy atom. The van der Waals surface area contributed by atoms with E-state index in [9.17, 15) is 9.18 Å². The highest BCUT2D eigenvalue weighted by Gasteiger charge is 2.21. The first-order valence-corrected chi connectivity index (χ1v) is 6.01. The van der Waals surface area contributed by atoms with Crippen LogP contribution < -0.4 is 0 Å². The summed E-state index contributed by atoms with van der Waals surface area (Å²) in [7, 11) is 0. The van der Waals surface area contributed by atoms with E-state index in [0.29, 0.717) is 11.3 Å². The summed E-state index contributed by atoms with van der Waals surface area (Å²) < 4.78 is 23.5. The standard InChI is InChI=1S/C13H11ClFNO3/c1-3-18-13(17)11-7(2)16-12(19-11)8-5-4-6-9(15)10(8)14/h4-6H,3H2,1-2H3. The van der Waals surface area contributed by atoms with Gasteiger partial charge in [-0.15, -0.1) is 0 Å². The maximum Gasteiger partial charge on any atom is 0.376 e. The third-order valence-corrected chi connectivity index (χ3v) is 2.82. The lowest BCUT2D eigenvalue weighted by molar-refractivity contribution is 0.0490. The van der Waals surface area contributed by atoms with Crippen LogP contribution in [0.3, 0.4) is 0 Å². The summed E-state index contributed by atoms with van der Waals surface area (Å²) in [5.74, 6) is -1.10. The molecule has 1 heterocycles. The number of halogens is 2. The van der Waals surface area contributed by atoms with Crippen molar-refractivity contribution < 1.29 is 18.3 Å². The molecule has 1 aromatic carbocycles. The molecular weight excluding hydrogens is 273 g/mol. The van der Waals surface area contributed by atoms with Gasteiger partial charge in [-0.2, -0.15) is 0 Å². The molecule has 19 heavy (non-hydrogen) atoms. The SMILES string of the molecule is CCOC(=O)c1oc(-c2cccc(F)c2Cl)nc1C. The van der Waals surface area contributed by atoms with E-state index in [1.165, 1.54) is 12.1 Å². The van der Waals surface area contributed by atoms with Crippen LogP contribution >= 0.6 is 11.6 Å². The molecule has 0 bridgehead atoms. The van der Waals surface area contributed by atoms with Gasteiger partial charge < -0.3 is 9.15 Å². The normalized spacial score (nSPS) is 10.5. The van der Waals surface area contributed by atoms with E-state index in [1.54, 1.807) is 19.9 Å². The van der Waals surface area contributed by atoms with Crippen molar-refractivity contribution in [1.82, 2.24) is 4.98 Å². The van der Waals surface area contributed by atoms with E-state index in [-0.39, 0.29) is 23.3 Å². The van der Waals surface area contributed by atoms with Crippen LogP contribution in [0, 0.1) is 12.7 Å². The number of ether oxygens (including phenoxy) is 1. The van der Waals surface area contributed by atoms with Crippen molar-refractivity contribution in [2.24, 2.45) is 0 Å². The Bertz CT molecular complexity index is 624. The van der Waals surface area contributed by atoms with Crippen molar-refractivity contribution in [2.45, 2.75) is 13.8 Å². The number of hydrogen-bond donors (Lipinski definition) is 0. The molecule has 0 aliphatic heterocycles. The van der Waals surface area contributed by atoms with Crippen molar-refractivity contribution in [3.05, 3.63) is 40.5 Å². The van der Waals surface area contributed by atoms with E-state index in [1.807, 2.05) is 0 Å². The topological polar surface area (TPSA) is 52.3 Å². The summed E-state index contributed by atoms with van der Waals surface area (Å²) in [4.78, 5) is 15.7. The highest BCUT2D eigenvalue weighted by atomic mass is 35.5. The van der Waals surface area contributed by atoms with Crippen LogP contribution in [-0.2, 0) is 4.74 Å². The van der Waals surface area contributed by atoms with Crippen LogP contribution in [0.5, 0.6) is 0 Å². The number of esters is 1. The Hall–Kier alpha value is -1.88. The molecule has 0 radical (unpaired) electrons. The van der Waals surface area contributed by atoms with Gasteiger partial charge >= 0.3 is 5.97 Å². The van der Waals surface area contributed by atoms with Crippen LogP contribution in [0.15, 0.2) is 22.6 Å². The zero-order chi connectivity index (χ0) is 14.0. The van der Waals surface area contributed by atoms with Gasteiger partial charge in [-0.25, -0.2) is 14.2 Å². The number of oxazole rings is 1. The van der Waals surface area contributed by atoms with Crippen LogP contribution in [-0.4, -0.2) is 17.6 Å². The first-order chi connectivity index (χ1) is 9.04. The fourth-order valence-corrected chi connectivity index (χ4v) is 1.77. The zero-order valence-corrected chi connectivity index (χ0v) is 11.1. The molecule has 1 aromatic heterocycles. The van der Waals surface area contributed by atoms with Crippen molar-refractivity contribution >= 4 is 17.6 Å². The third-order valence-electron chi connectivity index (χ3n) is 2.44. The minimum absolute atomic E-state index is 0.00261. The number of carbonyl (C=O) groups excluding carboxylic acids is 1. The van der Waals surface area contributed by atoms with Gasteiger partial charge in [0, 0.05) is 0 Å². The fraction of sp³-hybridized carbons (Fsp3) is 0.231. The molecule has 0 unspecified atom stereocenters. The molecule has 0 saturated carbocycles. The maximum atomic E-state index is 13.4. The molecular formula is C13H11ClFNO3. The van der Waals surface area contributed by atoms with Gasteiger partial charge in [0.25, 0.3) is 0 Å². The number of aryl methyl sites for hydroxylation is 1. The second-order valence-corrected chi connectivity index (χ2v) is 4.13. The smallest absolute Gasteiger partial charge is 0.376 e. The Labute approximate surface area is 114 Å². The molecule has 2 aromatic rings. The van der Waals surface area contributed by atoms with Crippen LogP contribution in [0.2, 0.25) is 5.02 Å². The number of benzene rings is 1. The minimum atomic E-state index is -0.605. The van der Waals surface area contributed by atoms with Gasteiger partial charge in [0.2, 0.25) is 11.7 Å². The quantitative estimate of drug-likeness (QED) is 0.807. The molecule has 0 N–H and O–H groups in total. The Morgan fingerprint density at radius 2 is 2.26 bits per heavy atom. The lowest BCUT2D eigenvalue weighted by Crippen LogP contribution is -2.04. The Balaban J connectivity index is 2.45. The molecule has 0 aliphatic carbocycles. The number of nitrogens with zero attached hydrogens (tertiary/aromatic N) is 1. The third kappa shape index (κ3) is 2.61. The van der Waals surface area contributed by atoms with Crippen molar-refractivity contribution in [3.63, 3.8) is 0 Å². The van der Waals surface area contributed by atoms with Gasteiger partial charge in [0.15, 0.2) is 0 Å². The highest BCUT2D eigenvalue weighted by molar-refractivity contribution is 6.33. The van der Waals surface area contributed by atoms with Gasteiger partial charge in [-0.1, -0.05) is 17.7 Å². The molecule has 0 spiro atoms. The summed E-state index contributed by atoms with van der Waals surface area (Å²) >= 11 is 5.84. The van der Waals surface area contributed by atoms with E-state index in [4.69, 9.17) is 20.8 Å². The van der Waals surface area contributed by atoms with Crippen LogP contribution in [0.25, 0.3) is 11.5 Å². The zero-order valence-electron chi connectivity index (χ0n) is 10.4. The van der Waals surface area contributed by atoms with E-state index >= 15 is 0 Å². The average Bonchev–Trinajstić information content (AvgIpc) is 2.75. The lowest BCUT2D eigenvalue weighted by Gasteiger charge is -2.00.